The number of nitrogens with one attached hydrogen (secondary N) is 1. The van der Waals surface area contributed by atoms with Gasteiger partial charge in [-0.05, 0) is 32.1 Å². The third kappa shape index (κ3) is 3.00. The van der Waals surface area contributed by atoms with Gasteiger partial charge in [0, 0.05) is 4.88 Å². The van der Waals surface area contributed by atoms with E-state index in [1.165, 1.54) is 11.3 Å². The number of carboxylic acid groups (broad SMARTS) is 1. The summed E-state index contributed by atoms with van der Waals surface area (Å²) in [6.45, 7) is 5.99. The van der Waals surface area contributed by atoms with Gasteiger partial charge in [-0.15, -0.1) is 11.3 Å². The first-order valence-electron chi connectivity index (χ1n) is 6.92. The summed E-state index contributed by atoms with van der Waals surface area (Å²) in [6.07, 6.45) is 2.04. The van der Waals surface area contributed by atoms with E-state index in [2.05, 4.69) is 10.3 Å². The minimum Gasteiger partial charge on any atom is -0.481 e. The van der Waals surface area contributed by atoms with Gasteiger partial charge in [0.05, 0.1) is 17.5 Å². The number of thiazole rings is 1. The number of hydrogen-bond acceptors (Lipinski definition) is 4. The van der Waals surface area contributed by atoms with Crippen molar-refractivity contribution in [2.45, 2.75) is 40.0 Å². The Hall–Kier alpha value is -1.43. The number of carbonyl (C=O) groups excluding carboxylic acids is 1. The maximum absolute atomic E-state index is 12.3. The molecule has 1 aromatic heterocycles. The summed E-state index contributed by atoms with van der Waals surface area (Å²) in [7, 11) is 0. The topological polar surface area (TPSA) is 79.3 Å². The molecule has 1 amide bonds. The van der Waals surface area contributed by atoms with Crippen molar-refractivity contribution in [3.8, 4) is 0 Å². The van der Waals surface area contributed by atoms with Crippen LogP contribution in [0.3, 0.4) is 0 Å². The minimum absolute atomic E-state index is 0.210. The predicted molar refractivity (Wildman–Crippen MR) is 77.9 cm³/mol. The number of carbonyl (C=O) groups is 2. The maximum Gasteiger partial charge on any atom is 0.307 e. The molecule has 1 aliphatic carbocycles. The van der Waals surface area contributed by atoms with E-state index in [1.54, 1.807) is 0 Å². The van der Waals surface area contributed by atoms with E-state index in [-0.39, 0.29) is 11.8 Å². The Morgan fingerprint density at radius 3 is 2.60 bits per heavy atom. The van der Waals surface area contributed by atoms with Crippen LogP contribution in [0.5, 0.6) is 0 Å². The summed E-state index contributed by atoms with van der Waals surface area (Å²) in [4.78, 5) is 29.0. The predicted octanol–water partition coefficient (Wildman–Crippen LogP) is 2.70. The van der Waals surface area contributed by atoms with Crippen LogP contribution in [0, 0.1) is 24.7 Å². The van der Waals surface area contributed by atoms with Gasteiger partial charge in [0.1, 0.15) is 0 Å². The van der Waals surface area contributed by atoms with E-state index in [9.17, 15) is 14.7 Å². The van der Waals surface area contributed by atoms with Crippen molar-refractivity contribution >= 4 is 28.3 Å². The monoisotopic (exact) mass is 296 g/mol. The Balaban J connectivity index is 2.08. The highest BCUT2D eigenvalue weighted by molar-refractivity contribution is 7.15. The van der Waals surface area contributed by atoms with E-state index in [0.717, 1.165) is 17.0 Å². The number of rotatable bonds is 4. The highest BCUT2D eigenvalue weighted by Crippen LogP contribution is 2.37. The molecule has 3 atom stereocenters. The molecule has 1 aliphatic rings. The SMILES string of the molecule is CCc1nc(NC(=O)C2CC(C)CC2C(=O)O)sc1C. The zero-order valence-electron chi connectivity index (χ0n) is 12.0. The summed E-state index contributed by atoms with van der Waals surface area (Å²) in [5.74, 6) is -1.83. The van der Waals surface area contributed by atoms with Gasteiger partial charge in [0.2, 0.25) is 5.91 Å². The van der Waals surface area contributed by atoms with Crippen molar-refractivity contribution in [1.29, 1.82) is 0 Å². The smallest absolute Gasteiger partial charge is 0.307 e. The van der Waals surface area contributed by atoms with Gasteiger partial charge in [0.25, 0.3) is 0 Å². The molecule has 110 valence electrons. The number of aryl methyl sites for hydroxylation is 2. The van der Waals surface area contributed by atoms with Gasteiger partial charge in [-0.3, -0.25) is 9.59 Å². The number of hydrogen-bond donors (Lipinski definition) is 2. The largest absolute Gasteiger partial charge is 0.481 e. The molecule has 1 saturated carbocycles. The van der Waals surface area contributed by atoms with E-state index >= 15 is 0 Å². The molecular weight excluding hydrogens is 276 g/mol. The molecule has 3 unspecified atom stereocenters. The van der Waals surface area contributed by atoms with Crippen LogP contribution < -0.4 is 5.32 Å². The quantitative estimate of drug-likeness (QED) is 0.895. The molecular formula is C14H20N2O3S. The van der Waals surface area contributed by atoms with Crippen LogP contribution >= 0.6 is 11.3 Å². The fourth-order valence-corrected chi connectivity index (χ4v) is 3.77. The lowest BCUT2D eigenvalue weighted by Crippen LogP contribution is -2.29. The molecule has 0 aliphatic heterocycles. The standard InChI is InChI=1S/C14H20N2O3S/c1-4-11-8(3)20-14(15-11)16-12(17)9-5-7(2)6-10(9)13(18)19/h7,9-10H,4-6H2,1-3H3,(H,18,19)(H,15,16,17). The summed E-state index contributed by atoms with van der Waals surface area (Å²) < 4.78 is 0. The molecule has 1 aromatic rings. The van der Waals surface area contributed by atoms with E-state index in [0.29, 0.717) is 18.0 Å². The van der Waals surface area contributed by atoms with Crippen LogP contribution in [-0.4, -0.2) is 22.0 Å². The highest BCUT2D eigenvalue weighted by atomic mass is 32.1. The molecule has 0 aromatic carbocycles. The zero-order valence-corrected chi connectivity index (χ0v) is 12.8. The van der Waals surface area contributed by atoms with E-state index in [4.69, 9.17) is 0 Å². The average molecular weight is 296 g/mol. The number of amides is 1. The molecule has 5 nitrogen and oxygen atoms in total. The van der Waals surface area contributed by atoms with Crippen molar-refractivity contribution in [1.82, 2.24) is 4.98 Å². The number of anilines is 1. The molecule has 0 radical (unpaired) electrons. The number of aliphatic carboxylic acids is 1. The lowest BCUT2D eigenvalue weighted by molar-refractivity contribution is -0.145. The van der Waals surface area contributed by atoms with Crippen LogP contribution in [0.4, 0.5) is 5.13 Å². The summed E-state index contributed by atoms with van der Waals surface area (Å²) in [6, 6.07) is 0. The van der Waals surface area contributed by atoms with Crippen molar-refractivity contribution in [2.75, 3.05) is 5.32 Å². The van der Waals surface area contributed by atoms with Crippen LogP contribution in [0.2, 0.25) is 0 Å². The number of nitrogens with zero attached hydrogens (tertiary/aromatic N) is 1. The van der Waals surface area contributed by atoms with Crippen LogP contribution in [0.15, 0.2) is 0 Å². The molecule has 6 heteroatoms. The zero-order chi connectivity index (χ0) is 14.9. The fraction of sp³-hybridized carbons (Fsp3) is 0.643. The Morgan fingerprint density at radius 1 is 1.40 bits per heavy atom. The van der Waals surface area contributed by atoms with E-state index in [1.807, 2.05) is 20.8 Å². The minimum atomic E-state index is -0.876. The molecule has 0 spiro atoms. The van der Waals surface area contributed by atoms with Crippen molar-refractivity contribution in [2.24, 2.45) is 17.8 Å². The lowest BCUT2D eigenvalue weighted by Gasteiger charge is -2.14. The van der Waals surface area contributed by atoms with Gasteiger partial charge in [0.15, 0.2) is 5.13 Å². The molecule has 2 rings (SSSR count). The third-order valence-corrected chi connectivity index (χ3v) is 4.84. The lowest BCUT2D eigenvalue weighted by atomic mass is 9.95. The normalized spacial score (nSPS) is 25.6. The molecule has 1 fully saturated rings. The van der Waals surface area contributed by atoms with Gasteiger partial charge >= 0.3 is 5.97 Å². The Bertz CT molecular complexity index is 526. The molecule has 1 heterocycles. The molecule has 0 saturated heterocycles. The number of aromatic nitrogens is 1. The van der Waals surface area contributed by atoms with Crippen molar-refractivity contribution in [3.05, 3.63) is 10.6 Å². The Morgan fingerprint density at radius 2 is 2.05 bits per heavy atom. The first kappa shape index (κ1) is 15.0. The Kier molecular flexibility index (Phi) is 4.42. The second kappa shape index (κ2) is 5.91. The second-order valence-corrected chi connectivity index (χ2v) is 6.70. The highest BCUT2D eigenvalue weighted by Gasteiger charge is 2.41. The molecule has 0 bridgehead atoms. The van der Waals surface area contributed by atoms with Crippen molar-refractivity contribution < 1.29 is 14.7 Å². The van der Waals surface area contributed by atoms with Gasteiger partial charge < -0.3 is 10.4 Å². The van der Waals surface area contributed by atoms with Gasteiger partial charge in [-0.1, -0.05) is 13.8 Å². The third-order valence-electron chi connectivity index (χ3n) is 3.91. The first-order valence-corrected chi connectivity index (χ1v) is 7.74. The van der Waals surface area contributed by atoms with Crippen molar-refractivity contribution in [3.63, 3.8) is 0 Å². The van der Waals surface area contributed by atoms with Crippen LogP contribution in [0.1, 0.15) is 37.3 Å². The maximum atomic E-state index is 12.3. The van der Waals surface area contributed by atoms with Crippen LogP contribution in [-0.2, 0) is 16.0 Å². The molecule has 2 N–H and O–H groups in total. The summed E-state index contributed by atoms with van der Waals surface area (Å²) in [5.41, 5.74) is 0.986. The van der Waals surface area contributed by atoms with Crippen LogP contribution in [0.25, 0.3) is 0 Å². The average Bonchev–Trinajstić information content (AvgIpc) is 2.92. The Labute approximate surface area is 122 Å². The summed E-state index contributed by atoms with van der Waals surface area (Å²) >= 11 is 1.45. The van der Waals surface area contributed by atoms with E-state index < -0.39 is 17.8 Å². The molecule has 20 heavy (non-hydrogen) atoms. The first-order chi connectivity index (χ1) is 9.42. The van der Waals surface area contributed by atoms with Gasteiger partial charge in [-0.25, -0.2) is 4.98 Å². The van der Waals surface area contributed by atoms with Gasteiger partial charge in [-0.2, -0.15) is 0 Å². The fourth-order valence-electron chi connectivity index (χ4n) is 2.86. The summed E-state index contributed by atoms with van der Waals surface area (Å²) in [5, 5.41) is 12.6. The number of carboxylic acids is 1. The second-order valence-electron chi connectivity index (χ2n) is 5.49.